The van der Waals surface area contributed by atoms with Gasteiger partial charge in [-0.1, -0.05) is 19.9 Å². The Morgan fingerprint density at radius 1 is 1.36 bits per heavy atom. The molecule has 6 nitrogen and oxygen atoms in total. The Bertz CT molecular complexity index is 925. The van der Waals surface area contributed by atoms with Crippen molar-refractivity contribution in [3.63, 3.8) is 0 Å². The van der Waals surface area contributed by atoms with Gasteiger partial charge in [-0.25, -0.2) is 9.67 Å². The molecule has 1 aliphatic heterocycles. The molecule has 1 N–H and O–H groups in total. The fraction of sp³-hybridized carbons (Fsp3) is 0.421. The van der Waals surface area contributed by atoms with Crippen LogP contribution < -0.4 is 5.32 Å². The first kappa shape index (κ1) is 15.9. The van der Waals surface area contributed by atoms with Crippen LogP contribution in [0.2, 0.25) is 0 Å². The van der Waals surface area contributed by atoms with E-state index in [0.29, 0.717) is 5.56 Å². The summed E-state index contributed by atoms with van der Waals surface area (Å²) in [6, 6.07) is 5.89. The summed E-state index contributed by atoms with van der Waals surface area (Å²) >= 11 is 0. The Morgan fingerprint density at radius 2 is 2.24 bits per heavy atom. The highest BCUT2D eigenvalue weighted by molar-refractivity contribution is 6.06. The van der Waals surface area contributed by atoms with Crippen LogP contribution in [0.1, 0.15) is 60.3 Å². The van der Waals surface area contributed by atoms with Gasteiger partial charge in [-0.05, 0) is 37.0 Å². The average Bonchev–Trinajstić information content (AvgIpc) is 3.25. The van der Waals surface area contributed by atoms with Gasteiger partial charge in [0, 0.05) is 18.4 Å². The number of rotatable bonds is 4. The topological polar surface area (TPSA) is 73.0 Å². The normalized spacial score (nSPS) is 16.8. The molecular formula is C19H22N4O2. The summed E-state index contributed by atoms with van der Waals surface area (Å²) in [5.74, 6) is 1.57. The van der Waals surface area contributed by atoms with Gasteiger partial charge >= 0.3 is 0 Å². The first-order valence-corrected chi connectivity index (χ1v) is 8.94. The van der Waals surface area contributed by atoms with E-state index in [4.69, 9.17) is 4.42 Å². The molecule has 1 amide bonds. The van der Waals surface area contributed by atoms with Crippen molar-refractivity contribution in [1.29, 1.82) is 0 Å². The molecule has 3 heterocycles. The molecule has 6 heteroatoms. The Hall–Kier alpha value is -2.63. The summed E-state index contributed by atoms with van der Waals surface area (Å²) < 4.78 is 7.48. The summed E-state index contributed by atoms with van der Waals surface area (Å²) in [7, 11) is 0. The number of aryl methyl sites for hydroxylation is 3. The van der Waals surface area contributed by atoms with Gasteiger partial charge in [-0.15, -0.1) is 0 Å². The van der Waals surface area contributed by atoms with E-state index in [2.05, 4.69) is 22.3 Å². The van der Waals surface area contributed by atoms with Gasteiger partial charge in [0.05, 0.1) is 11.6 Å². The van der Waals surface area contributed by atoms with Crippen LogP contribution in [0.4, 0.5) is 0 Å². The predicted molar refractivity (Wildman–Crippen MR) is 94.4 cm³/mol. The van der Waals surface area contributed by atoms with Crippen LogP contribution in [0.3, 0.4) is 0 Å². The number of furan rings is 1. The summed E-state index contributed by atoms with van der Waals surface area (Å²) in [4.78, 5) is 17.4. The van der Waals surface area contributed by atoms with Crippen LogP contribution in [0, 0.1) is 0 Å². The number of benzene rings is 1. The quantitative estimate of drug-likeness (QED) is 0.791. The van der Waals surface area contributed by atoms with Crippen LogP contribution >= 0.6 is 0 Å². The van der Waals surface area contributed by atoms with Crippen molar-refractivity contribution in [2.75, 3.05) is 0 Å². The lowest BCUT2D eigenvalue weighted by atomic mass is 10.0. The summed E-state index contributed by atoms with van der Waals surface area (Å²) in [5, 5.41) is 8.48. The second-order valence-corrected chi connectivity index (χ2v) is 6.46. The molecule has 1 aromatic carbocycles. The van der Waals surface area contributed by atoms with Crippen LogP contribution in [-0.4, -0.2) is 20.7 Å². The van der Waals surface area contributed by atoms with Gasteiger partial charge in [-0.3, -0.25) is 4.79 Å². The van der Waals surface area contributed by atoms with Crippen molar-refractivity contribution in [3.8, 4) is 0 Å². The molecule has 130 valence electrons. The van der Waals surface area contributed by atoms with E-state index >= 15 is 0 Å². The second kappa shape index (κ2) is 6.35. The van der Waals surface area contributed by atoms with E-state index in [1.807, 2.05) is 29.8 Å². The summed E-state index contributed by atoms with van der Waals surface area (Å²) in [6.07, 6.45) is 5.13. The Labute approximate surface area is 146 Å². The third-order valence-corrected chi connectivity index (χ3v) is 4.83. The largest absolute Gasteiger partial charge is 0.463 e. The minimum absolute atomic E-state index is 0.103. The van der Waals surface area contributed by atoms with Crippen LogP contribution in [0.25, 0.3) is 11.0 Å². The van der Waals surface area contributed by atoms with E-state index in [0.717, 1.165) is 54.8 Å². The number of amides is 1. The fourth-order valence-corrected chi connectivity index (χ4v) is 3.39. The number of hydrogen-bond donors (Lipinski definition) is 1. The summed E-state index contributed by atoms with van der Waals surface area (Å²) in [6.45, 7) is 5.00. The first-order chi connectivity index (χ1) is 12.2. The van der Waals surface area contributed by atoms with E-state index < -0.39 is 0 Å². The Balaban J connectivity index is 1.62. The van der Waals surface area contributed by atoms with Crippen molar-refractivity contribution in [2.24, 2.45) is 0 Å². The molecular weight excluding hydrogens is 316 g/mol. The molecule has 0 saturated heterocycles. The molecule has 2 aromatic heterocycles. The van der Waals surface area contributed by atoms with Gasteiger partial charge in [0.25, 0.3) is 5.91 Å². The molecule has 1 unspecified atom stereocenters. The molecule has 1 aliphatic rings. The smallest absolute Gasteiger partial charge is 0.255 e. The zero-order valence-electron chi connectivity index (χ0n) is 14.6. The Kier molecular flexibility index (Phi) is 4.03. The molecule has 1 atom stereocenters. The highest BCUT2D eigenvalue weighted by atomic mass is 16.3. The Morgan fingerprint density at radius 3 is 3.04 bits per heavy atom. The number of aromatic nitrogens is 3. The van der Waals surface area contributed by atoms with E-state index in [-0.39, 0.29) is 11.9 Å². The van der Waals surface area contributed by atoms with Gasteiger partial charge in [0.2, 0.25) is 0 Å². The molecule has 0 fully saturated rings. The van der Waals surface area contributed by atoms with Crippen LogP contribution in [0.15, 0.2) is 28.9 Å². The molecule has 3 aromatic rings. The number of nitrogens with zero attached hydrogens (tertiary/aromatic N) is 3. The monoisotopic (exact) mass is 338 g/mol. The van der Waals surface area contributed by atoms with Crippen molar-refractivity contribution >= 4 is 16.9 Å². The number of nitrogens with one attached hydrogen (secondary N) is 1. The number of carbonyl (C=O) groups is 1. The SMILES string of the molecule is CCc1ccc2occ(C(=O)NC3CCCn4nc(CC)nc43)c2c1. The third kappa shape index (κ3) is 2.81. The maximum atomic E-state index is 12.8. The lowest BCUT2D eigenvalue weighted by Crippen LogP contribution is -2.33. The molecule has 0 bridgehead atoms. The van der Waals surface area contributed by atoms with Gasteiger partial charge < -0.3 is 9.73 Å². The maximum absolute atomic E-state index is 12.8. The summed E-state index contributed by atoms with van der Waals surface area (Å²) in [5.41, 5.74) is 2.51. The maximum Gasteiger partial charge on any atom is 0.255 e. The highest BCUT2D eigenvalue weighted by Gasteiger charge is 2.26. The lowest BCUT2D eigenvalue weighted by molar-refractivity contribution is 0.0928. The molecule has 4 rings (SSSR count). The second-order valence-electron chi connectivity index (χ2n) is 6.46. The number of carbonyl (C=O) groups excluding carboxylic acids is 1. The van der Waals surface area contributed by atoms with Gasteiger partial charge in [0.15, 0.2) is 5.82 Å². The number of fused-ring (bicyclic) bond motifs is 2. The van der Waals surface area contributed by atoms with Crippen molar-refractivity contribution in [3.05, 3.63) is 47.2 Å². The van der Waals surface area contributed by atoms with E-state index in [1.54, 1.807) is 6.26 Å². The third-order valence-electron chi connectivity index (χ3n) is 4.83. The lowest BCUT2D eigenvalue weighted by Gasteiger charge is -2.22. The van der Waals surface area contributed by atoms with Gasteiger partial charge in [0.1, 0.15) is 17.7 Å². The van der Waals surface area contributed by atoms with Gasteiger partial charge in [-0.2, -0.15) is 5.10 Å². The van der Waals surface area contributed by atoms with Crippen LogP contribution in [-0.2, 0) is 19.4 Å². The minimum atomic E-state index is -0.119. The molecule has 0 aliphatic carbocycles. The number of hydrogen-bond acceptors (Lipinski definition) is 4. The van der Waals surface area contributed by atoms with E-state index in [1.165, 1.54) is 5.56 Å². The zero-order chi connectivity index (χ0) is 17.4. The molecule has 0 radical (unpaired) electrons. The molecule has 0 spiro atoms. The van der Waals surface area contributed by atoms with Crippen molar-refractivity contribution in [1.82, 2.24) is 20.1 Å². The van der Waals surface area contributed by atoms with Crippen molar-refractivity contribution in [2.45, 2.75) is 52.1 Å². The molecule has 25 heavy (non-hydrogen) atoms. The van der Waals surface area contributed by atoms with E-state index in [9.17, 15) is 4.79 Å². The van der Waals surface area contributed by atoms with Crippen molar-refractivity contribution < 1.29 is 9.21 Å². The average molecular weight is 338 g/mol. The predicted octanol–water partition coefficient (Wildman–Crippen LogP) is 3.41. The fourth-order valence-electron chi connectivity index (χ4n) is 3.39. The minimum Gasteiger partial charge on any atom is -0.463 e. The zero-order valence-corrected chi connectivity index (χ0v) is 14.6. The van der Waals surface area contributed by atoms with Crippen LogP contribution in [0.5, 0.6) is 0 Å². The standard InChI is InChI=1S/C19H22N4O2/c1-3-12-7-8-16-13(10-12)14(11-25-16)19(24)20-15-6-5-9-23-18(15)21-17(4-2)22-23/h7-8,10-11,15H,3-6,9H2,1-2H3,(H,20,24). The molecule has 0 saturated carbocycles. The first-order valence-electron chi connectivity index (χ1n) is 8.94. The highest BCUT2D eigenvalue weighted by Crippen LogP contribution is 2.26.